The van der Waals surface area contributed by atoms with E-state index in [1.54, 1.807) is 0 Å². The van der Waals surface area contributed by atoms with Crippen LogP contribution in [0.1, 0.15) is 16.7 Å². The molecule has 30 heavy (non-hydrogen) atoms. The van der Waals surface area contributed by atoms with Crippen molar-refractivity contribution in [1.29, 1.82) is 0 Å². The third-order valence-electron chi connectivity index (χ3n) is 4.69. The Balaban J connectivity index is 1.72. The molecule has 0 saturated heterocycles. The summed E-state index contributed by atoms with van der Waals surface area (Å²) in [6, 6.07) is 16.9. The van der Waals surface area contributed by atoms with E-state index in [0.717, 1.165) is 35.6 Å². The van der Waals surface area contributed by atoms with Crippen LogP contribution in [0.25, 0.3) is 10.8 Å². The van der Waals surface area contributed by atoms with E-state index >= 15 is 0 Å². The van der Waals surface area contributed by atoms with Gasteiger partial charge in [-0.2, -0.15) is 13.2 Å². The highest BCUT2D eigenvalue weighted by Gasteiger charge is 2.31. The summed E-state index contributed by atoms with van der Waals surface area (Å²) in [7, 11) is 1.16. The van der Waals surface area contributed by atoms with Crippen LogP contribution in [0.15, 0.2) is 66.7 Å². The summed E-state index contributed by atoms with van der Waals surface area (Å²) in [5.74, 6) is -1.15. The largest absolute Gasteiger partial charge is 0.467 e. The molecule has 0 aromatic heterocycles. The fourth-order valence-corrected chi connectivity index (χ4v) is 3.23. The average molecular weight is 415 g/mol. The van der Waals surface area contributed by atoms with Crippen molar-refractivity contribution in [3.8, 4) is 0 Å². The van der Waals surface area contributed by atoms with Gasteiger partial charge < -0.3 is 10.1 Å². The zero-order valence-corrected chi connectivity index (χ0v) is 16.2. The number of carbonyl (C=O) groups is 2. The van der Waals surface area contributed by atoms with Gasteiger partial charge in [-0.1, -0.05) is 60.7 Å². The summed E-state index contributed by atoms with van der Waals surface area (Å²) >= 11 is 0. The zero-order valence-electron chi connectivity index (χ0n) is 16.2. The zero-order chi connectivity index (χ0) is 21.7. The maximum absolute atomic E-state index is 12.9. The third kappa shape index (κ3) is 5.37. The second-order valence-corrected chi connectivity index (χ2v) is 6.90. The number of methoxy groups -OCH3 is 1. The molecule has 4 nitrogen and oxygen atoms in total. The first kappa shape index (κ1) is 21.4. The Morgan fingerprint density at radius 3 is 2.37 bits per heavy atom. The van der Waals surface area contributed by atoms with Crippen molar-refractivity contribution < 1.29 is 27.5 Å². The molecule has 7 heteroatoms. The van der Waals surface area contributed by atoms with Crippen molar-refractivity contribution in [2.24, 2.45) is 0 Å². The number of benzene rings is 3. The number of nitrogens with one attached hydrogen (secondary N) is 1. The Bertz CT molecular complexity index is 1060. The van der Waals surface area contributed by atoms with Gasteiger partial charge in [0, 0.05) is 6.42 Å². The Kier molecular flexibility index (Phi) is 6.40. The van der Waals surface area contributed by atoms with Crippen molar-refractivity contribution in [3.63, 3.8) is 0 Å². The molecule has 1 amide bonds. The maximum Gasteiger partial charge on any atom is 0.416 e. The Hall–Kier alpha value is -3.35. The van der Waals surface area contributed by atoms with Crippen LogP contribution >= 0.6 is 0 Å². The molecule has 0 aliphatic rings. The van der Waals surface area contributed by atoms with E-state index in [1.165, 1.54) is 12.1 Å². The van der Waals surface area contributed by atoms with Crippen LogP contribution in [0.3, 0.4) is 0 Å². The first-order valence-electron chi connectivity index (χ1n) is 9.27. The molecule has 3 aromatic rings. The van der Waals surface area contributed by atoms with Crippen LogP contribution in [0.2, 0.25) is 0 Å². The molecule has 3 rings (SSSR count). The van der Waals surface area contributed by atoms with Crippen LogP contribution in [0, 0.1) is 0 Å². The number of hydrogen-bond acceptors (Lipinski definition) is 3. The third-order valence-corrected chi connectivity index (χ3v) is 4.69. The van der Waals surface area contributed by atoms with Gasteiger partial charge in [0.1, 0.15) is 6.04 Å². The number of fused-ring (bicyclic) bond motifs is 1. The van der Waals surface area contributed by atoms with Crippen molar-refractivity contribution in [1.82, 2.24) is 5.32 Å². The fourth-order valence-electron chi connectivity index (χ4n) is 3.23. The van der Waals surface area contributed by atoms with Gasteiger partial charge in [-0.3, -0.25) is 4.79 Å². The second-order valence-electron chi connectivity index (χ2n) is 6.90. The van der Waals surface area contributed by atoms with Crippen LogP contribution in [-0.2, 0) is 33.3 Å². The molecule has 3 aromatic carbocycles. The maximum atomic E-state index is 12.9. The number of ether oxygens (including phenoxy) is 1. The Morgan fingerprint density at radius 1 is 0.933 bits per heavy atom. The number of alkyl halides is 3. The molecule has 1 N–H and O–H groups in total. The molecule has 1 atom stereocenters. The lowest BCUT2D eigenvalue weighted by Crippen LogP contribution is -2.43. The molecule has 0 fully saturated rings. The second kappa shape index (κ2) is 8.98. The number of halogens is 3. The smallest absolute Gasteiger partial charge is 0.416 e. The average Bonchev–Trinajstić information content (AvgIpc) is 2.72. The molecule has 0 aliphatic carbocycles. The molecule has 0 spiro atoms. The van der Waals surface area contributed by atoms with Crippen LogP contribution < -0.4 is 5.32 Å². The quantitative estimate of drug-likeness (QED) is 0.611. The lowest BCUT2D eigenvalue weighted by atomic mass is 10.0. The molecule has 0 aliphatic heterocycles. The standard InChI is InChI=1S/C23H20F3NO3/c1-30-22(29)20(13-15-5-4-8-19(12-15)23(24,25)26)27-21(28)14-16-9-10-17-6-2-3-7-18(17)11-16/h2-12,20H,13-14H2,1H3,(H,27,28)/t20-/m0/s1. The highest BCUT2D eigenvalue weighted by atomic mass is 19.4. The predicted molar refractivity (Wildman–Crippen MR) is 107 cm³/mol. The van der Waals surface area contributed by atoms with Crippen molar-refractivity contribution in [3.05, 3.63) is 83.4 Å². The van der Waals surface area contributed by atoms with E-state index < -0.39 is 29.7 Å². The number of hydrogen-bond donors (Lipinski definition) is 1. The van der Waals surface area contributed by atoms with Gasteiger partial charge in [0.25, 0.3) is 0 Å². The SMILES string of the molecule is COC(=O)[C@H](Cc1cccc(C(F)(F)F)c1)NC(=O)Cc1ccc2ccccc2c1. The van der Waals surface area contributed by atoms with Gasteiger partial charge in [0.2, 0.25) is 5.91 Å². The van der Waals surface area contributed by atoms with Gasteiger partial charge in [0.05, 0.1) is 19.1 Å². The van der Waals surface area contributed by atoms with E-state index in [-0.39, 0.29) is 18.4 Å². The summed E-state index contributed by atoms with van der Waals surface area (Å²) < 4.78 is 43.5. The van der Waals surface area contributed by atoms with Crippen LogP contribution in [-0.4, -0.2) is 25.0 Å². The van der Waals surface area contributed by atoms with E-state index in [1.807, 2.05) is 42.5 Å². The van der Waals surface area contributed by atoms with Crippen molar-refractivity contribution >= 4 is 22.6 Å². The number of esters is 1. The minimum Gasteiger partial charge on any atom is -0.467 e. The normalized spacial score (nSPS) is 12.4. The highest BCUT2D eigenvalue weighted by molar-refractivity contribution is 5.88. The monoisotopic (exact) mass is 415 g/mol. The molecular formula is C23H20F3NO3. The van der Waals surface area contributed by atoms with Gasteiger partial charge in [-0.25, -0.2) is 4.79 Å². The number of amides is 1. The van der Waals surface area contributed by atoms with Gasteiger partial charge >= 0.3 is 12.1 Å². The van der Waals surface area contributed by atoms with Gasteiger partial charge in [0.15, 0.2) is 0 Å². The molecule has 156 valence electrons. The van der Waals surface area contributed by atoms with E-state index in [9.17, 15) is 22.8 Å². The molecule has 0 saturated carbocycles. The number of carbonyl (C=O) groups excluding carboxylic acids is 2. The molecule has 0 bridgehead atoms. The molecule has 0 radical (unpaired) electrons. The van der Waals surface area contributed by atoms with Crippen LogP contribution in [0.4, 0.5) is 13.2 Å². The topological polar surface area (TPSA) is 55.4 Å². The lowest BCUT2D eigenvalue weighted by molar-refractivity contribution is -0.145. The summed E-state index contributed by atoms with van der Waals surface area (Å²) in [5, 5.41) is 4.60. The van der Waals surface area contributed by atoms with Gasteiger partial charge in [-0.15, -0.1) is 0 Å². The van der Waals surface area contributed by atoms with E-state index in [0.29, 0.717) is 0 Å². The van der Waals surface area contributed by atoms with Crippen molar-refractivity contribution in [2.45, 2.75) is 25.1 Å². The number of rotatable bonds is 6. The minimum atomic E-state index is -4.49. The van der Waals surface area contributed by atoms with Crippen molar-refractivity contribution in [2.75, 3.05) is 7.11 Å². The molecule has 0 heterocycles. The summed E-state index contributed by atoms with van der Waals surface area (Å²) in [5.41, 5.74) is 0.214. The Labute approximate surface area is 171 Å². The molecular weight excluding hydrogens is 395 g/mol. The highest BCUT2D eigenvalue weighted by Crippen LogP contribution is 2.29. The van der Waals surface area contributed by atoms with Crippen LogP contribution in [0.5, 0.6) is 0 Å². The summed E-state index contributed by atoms with van der Waals surface area (Å²) in [6.45, 7) is 0. The van der Waals surface area contributed by atoms with E-state index in [4.69, 9.17) is 4.74 Å². The minimum absolute atomic E-state index is 0.0287. The lowest BCUT2D eigenvalue weighted by Gasteiger charge is -2.17. The fraction of sp³-hybridized carbons (Fsp3) is 0.217. The van der Waals surface area contributed by atoms with Gasteiger partial charge in [-0.05, 0) is 28.0 Å². The first-order chi connectivity index (χ1) is 14.3. The first-order valence-corrected chi connectivity index (χ1v) is 9.27. The summed E-state index contributed by atoms with van der Waals surface area (Å²) in [4.78, 5) is 24.6. The van der Waals surface area contributed by atoms with E-state index in [2.05, 4.69) is 5.32 Å². The predicted octanol–water partition coefficient (Wildman–Crippen LogP) is 4.30. The Morgan fingerprint density at radius 2 is 1.67 bits per heavy atom. The summed E-state index contributed by atoms with van der Waals surface area (Å²) in [6.07, 6.45) is -4.57. The molecule has 0 unspecified atom stereocenters.